The number of hydrogen-bond acceptors (Lipinski definition) is 3. The molecule has 8 heavy (non-hydrogen) atoms. The Kier molecular flexibility index (Phi) is 0.897. The smallest absolute Gasteiger partial charge is 0.182 e. The summed E-state index contributed by atoms with van der Waals surface area (Å²) in [7, 11) is 0. The Labute approximate surface area is 46.0 Å². The van der Waals surface area contributed by atoms with E-state index in [1.54, 1.807) is 0 Å². The number of hydrogen-bond donors (Lipinski definition) is 2. The van der Waals surface area contributed by atoms with Gasteiger partial charge in [-0.15, -0.1) is 0 Å². The number of H-pyrrole nitrogens is 1. The number of nitrogens with zero attached hydrogens (tertiary/aromatic N) is 2. The van der Waals surface area contributed by atoms with E-state index < -0.39 is 0 Å². The number of aromatic amines is 1. The molecular formula is C4H4N4. The topological polar surface area (TPSA) is 78.5 Å². The highest BCUT2D eigenvalue weighted by atomic mass is 15.0. The fraction of sp³-hybridized carbons (Fsp3) is 0. The zero-order valence-electron chi connectivity index (χ0n) is 4.05. The van der Waals surface area contributed by atoms with Crippen LogP contribution < -0.4 is 5.73 Å². The third kappa shape index (κ3) is 0.500. The van der Waals surface area contributed by atoms with Gasteiger partial charge < -0.3 is 10.7 Å². The highest BCUT2D eigenvalue weighted by Crippen LogP contribution is 1.99. The number of nitrogens with one attached hydrogen (secondary N) is 1. The van der Waals surface area contributed by atoms with Crippen LogP contribution in [0.1, 0.15) is 5.69 Å². The third-order valence-electron chi connectivity index (χ3n) is 0.775. The predicted octanol–water partition coefficient (Wildman–Crippen LogP) is -0.136. The zero-order valence-corrected chi connectivity index (χ0v) is 4.05. The van der Waals surface area contributed by atoms with Gasteiger partial charge in [-0.05, 0) is 0 Å². The number of imidazole rings is 1. The van der Waals surface area contributed by atoms with Crippen molar-refractivity contribution in [2.45, 2.75) is 0 Å². The van der Waals surface area contributed by atoms with E-state index in [1.165, 1.54) is 6.33 Å². The first kappa shape index (κ1) is 4.65. The molecule has 0 aromatic carbocycles. The second kappa shape index (κ2) is 1.54. The van der Waals surface area contributed by atoms with Gasteiger partial charge in [-0.3, -0.25) is 0 Å². The highest BCUT2D eigenvalue weighted by molar-refractivity contribution is 5.42. The summed E-state index contributed by atoms with van der Waals surface area (Å²) >= 11 is 0. The first-order chi connectivity index (χ1) is 3.84. The van der Waals surface area contributed by atoms with Gasteiger partial charge in [0.1, 0.15) is 11.9 Å². The zero-order chi connectivity index (χ0) is 5.98. The van der Waals surface area contributed by atoms with Crippen LogP contribution in [0, 0.1) is 11.3 Å². The van der Waals surface area contributed by atoms with Crippen molar-refractivity contribution in [1.82, 2.24) is 9.97 Å². The minimum absolute atomic E-state index is 0.255. The molecule has 0 spiro atoms. The van der Waals surface area contributed by atoms with E-state index in [-0.39, 0.29) is 5.69 Å². The maximum absolute atomic E-state index is 8.19. The summed E-state index contributed by atoms with van der Waals surface area (Å²) in [5, 5.41) is 8.19. The maximum Gasteiger partial charge on any atom is 0.182 e. The van der Waals surface area contributed by atoms with Crippen molar-refractivity contribution in [3.8, 4) is 6.07 Å². The number of anilines is 1. The monoisotopic (exact) mass is 108 g/mol. The summed E-state index contributed by atoms with van der Waals surface area (Å²) in [6.07, 6.45) is 1.38. The van der Waals surface area contributed by atoms with Crippen LogP contribution in [-0.2, 0) is 0 Å². The molecule has 0 radical (unpaired) electrons. The lowest BCUT2D eigenvalue weighted by molar-refractivity contribution is 1.29. The van der Waals surface area contributed by atoms with Crippen LogP contribution in [0.4, 0.5) is 5.82 Å². The summed E-state index contributed by atoms with van der Waals surface area (Å²) in [4.78, 5) is 6.16. The van der Waals surface area contributed by atoms with Crippen molar-refractivity contribution in [3.63, 3.8) is 0 Å². The number of nitrogens with two attached hydrogens (primary N) is 1. The SMILES string of the molecule is N#Cc1nc[nH]c1N. The molecule has 0 aliphatic carbocycles. The largest absolute Gasteiger partial charge is 0.383 e. The average molecular weight is 108 g/mol. The fourth-order valence-electron chi connectivity index (χ4n) is 0.393. The number of rotatable bonds is 0. The van der Waals surface area contributed by atoms with E-state index in [0.717, 1.165) is 0 Å². The average Bonchev–Trinajstić information content (AvgIpc) is 2.14. The molecule has 0 unspecified atom stereocenters. The number of nitrogen functional groups attached to an aromatic ring is 1. The second-order valence-electron chi connectivity index (χ2n) is 1.28. The van der Waals surface area contributed by atoms with Crippen LogP contribution in [0.5, 0.6) is 0 Å². The van der Waals surface area contributed by atoms with Crippen LogP contribution in [0.15, 0.2) is 6.33 Å². The lowest BCUT2D eigenvalue weighted by Crippen LogP contribution is -1.86. The number of nitriles is 1. The van der Waals surface area contributed by atoms with Crippen molar-refractivity contribution in [1.29, 1.82) is 5.26 Å². The molecule has 1 aromatic rings. The van der Waals surface area contributed by atoms with Crippen molar-refractivity contribution in [3.05, 3.63) is 12.0 Å². The summed E-state index contributed by atoms with van der Waals surface area (Å²) in [5.74, 6) is 0.326. The van der Waals surface area contributed by atoms with Crippen molar-refractivity contribution >= 4 is 5.82 Å². The molecule has 0 atom stereocenters. The van der Waals surface area contributed by atoms with Gasteiger partial charge in [0.25, 0.3) is 0 Å². The summed E-state index contributed by atoms with van der Waals surface area (Å²) in [6.45, 7) is 0. The van der Waals surface area contributed by atoms with Gasteiger partial charge in [-0.1, -0.05) is 0 Å². The van der Waals surface area contributed by atoms with Gasteiger partial charge in [-0.25, -0.2) is 4.98 Å². The molecule has 0 saturated heterocycles. The molecule has 3 N–H and O–H groups in total. The summed E-state index contributed by atoms with van der Waals surface area (Å²) in [6, 6.07) is 1.81. The van der Waals surface area contributed by atoms with Gasteiger partial charge in [-0.2, -0.15) is 5.26 Å². The van der Waals surface area contributed by atoms with E-state index >= 15 is 0 Å². The van der Waals surface area contributed by atoms with Gasteiger partial charge in [0, 0.05) is 0 Å². The van der Waals surface area contributed by atoms with E-state index in [0.29, 0.717) is 5.82 Å². The standard InChI is InChI=1S/C4H4N4/c5-1-3-4(6)8-2-7-3/h2H,6H2,(H,7,8). The lowest BCUT2D eigenvalue weighted by Gasteiger charge is -1.77. The lowest BCUT2D eigenvalue weighted by atomic mass is 10.5. The molecule has 0 amide bonds. The quantitative estimate of drug-likeness (QED) is 0.485. The maximum atomic E-state index is 8.19. The molecule has 4 heteroatoms. The molecule has 0 aliphatic rings. The van der Waals surface area contributed by atoms with Crippen LogP contribution in [0.3, 0.4) is 0 Å². The molecule has 0 aliphatic heterocycles. The van der Waals surface area contributed by atoms with Crippen LogP contribution in [0.25, 0.3) is 0 Å². The first-order valence-corrected chi connectivity index (χ1v) is 2.03. The van der Waals surface area contributed by atoms with Crippen LogP contribution in [-0.4, -0.2) is 9.97 Å². The molecule has 0 bridgehead atoms. The van der Waals surface area contributed by atoms with E-state index in [4.69, 9.17) is 11.0 Å². The fourth-order valence-corrected chi connectivity index (χ4v) is 0.393. The van der Waals surface area contributed by atoms with Gasteiger partial charge in [0.2, 0.25) is 0 Å². The molecule has 4 nitrogen and oxygen atoms in total. The Hall–Kier alpha value is -1.50. The predicted molar refractivity (Wildman–Crippen MR) is 27.7 cm³/mol. The Bertz CT molecular complexity index is 218. The van der Waals surface area contributed by atoms with E-state index in [9.17, 15) is 0 Å². The van der Waals surface area contributed by atoms with E-state index in [1.807, 2.05) is 6.07 Å². The Morgan fingerprint density at radius 3 is 2.88 bits per heavy atom. The van der Waals surface area contributed by atoms with Gasteiger partial charge >= 0.3 is 0 Å². The third-order valence-corrected chi connectivity index (χ3v) is 0.775. The molecular weight excluding hydrogens is 104 g/mol. The van der Waals surface area contributed by atoms with Crippen LogP contribution in [0.2, 0.25) is 0 Å². The van der Waals surface area contributed by atoms with Crippen molar-refractivity contribution in [2.24, 2.45) is 0 Å². The Balaban J connectivity index is 3.15. The Morgan fingerprint density at radius 1 is 1.88 bits per heavy atom. The highest BCUT2D eigenvalue weighted by Gasteiger charge is 1.95. The minimum Gasteiger partial charge on any atom is -0.383 e. The normalized spacial score (nSPS) is 8.38. The summed E-state index contributed by atoms with van der Waals surface area (Å²) in [5.41, 5.74) is 5.47. The molecule has 1 aromatic heterocycles. The number of aromatic nitrogens is 2. The summed E-state index contributed by atoms with van der Waals surface area (Å²) < 4.78 is 0. The van der Waals surface area contributed by atoms with Gasteiger partial charge in [0.15, 0.2) is 5.69 Å². The van der Waals surface area contributed by atoms with Crippen molar-refractivity contribution in [2.75, 3.05) is 5.73 Å². The van der Waals surface area contributed by atoms with Crippen molar-refractivity contribution < 1.29 is 0 Å². The molecule has 0 fully saturated rings. The second-order valence-corrected chi connectivity index (χ2v) is 1.28. The van der Waals surface area contributed by atoms with Crippen LogP contribution >= 0.6 is 0 Å². The Morgan fingerprint density at radius 2 is 2.62 bits per heavy atom. The molecule has 1 heterocycles. The van der Waals surface area contributed by atoms with E-state index in [2.05, 4.69) is 9.97 Å². The molecule has 40 valence electrons. The molecule has 0 saturated carbocycles. The minimum atomic E-state index is 0.255. The van der Waals surface area contributed by atoms with Gasteiger partial charge in [0.05, 0.1) is 6.33 Å². The first-order valence-electron chi connectivity index (χ1n) is 2.03. The molecule has 1 rings (SSSR count).